The SMILES string of the molecule is Cc1ccc(Nc2n[nH]nc2C(=O)Nc2ccc(C)cc2Cl)cc1. The summed E-state index contributed by atoms with van der Waals surface area (Å²) in [6.45, 7) is 3.93. The molecule has 0 saturated carbocycles. The summed E-state index contributed by atoms with van der Waals surface area (Å²) in [5.74, 6) is -0.0521. The predicted molar refractivity (Wildman–Crippen MR) is 95.0 cm³/mol. The molecule has 0 spiro atoms. The highest BCUT2D eigenvalue weighted by atomic mass is 35.5. The molecule has 122 valence electrons. The van der Waals surface area contributed by atoms with Crippen molar-refractivity contribution in [1.29, 1.82) is 0 Å². The number of nitrogens with one attached hydrogen (secondary N) is 3. The Balaban J connectivity index is 1.78. The van der Waals surface area contributed by atoms with E-state index in [4.69, 9.17) is 11.6 Å². The number of benzene rings is 2. The summed E-state index contributed by atoms with van der Waals surface area (Å²) in [5, 5.41) is 16.7. The molecular formula is C17H16ClN5O. The van der Waals surface area contributed by atoms with Gasteiger partial charge in [0.05, 0.1) is 10.7 Å². The first-order valence-electron chi connectivity index (χ1n) is 7.35. The van der Waals surface area contributed by atoms with Gasteiger partial charge in [-0.3, -0.25) is 4.79 Å². The molecule has 2 aromatic carbocycles. The Labute approximate surface area is 144 Å². The van der Waals surface area contributed by atoms with Gasteiger partial charge in [-0.2, -0.15) is 5.21 Å². The average molecular weight is 342 g/mol. The molecule has 0 aliphatic heterocycles. The van der Waals surface area contributed by atoms with Crippen LogP contribution in [0.1, 0.15) is 21.6 Å². The smallest absolute Gasteiger partial charge is 0.280 e. The van der Waals surface area contributed by atoms with E-state index in [-0.39, 0.29) is 5.69 Å². The van der Waals surface area contributed by atoms with E-state index in [1.807, 2.05) is 44.2 Å². The molecule has 0 fully saturated rings. The Hall–Kier alpha value is -2.86. The van der Waals surface area contributed by atoms with Crippen molar-refractivity contribution in [2.45, 2.75) is 13.8 Å². The van der Waals surface area contributed by atoms with E-state index in [0.29, 0.717) is 16.5 Å². The van der Waals surface area contributed by atoms with Gasteiger partial charge in [-0.15, -0.1) is 10.2 Å². The van der Waals surface area contributed by atoms with Crippen LogP contribution in [0.4, 0.5) is 17.2 Å². The topological polar surface area (TPSA) is 82.7 Å². The van der Waals surface area contributed by atoms with Crippen LogP contribution in [0, 0.1) is 13.8 Å². The second-order valence-corrected chi connectivity index (χ2v) is 5.86. The monoisotopic (exact) mass is 341 g/mol. The van der Waals surface area contributed by atoms with E-state index in [1.54, 1.807) is 12.1 Å². The largest absolute Gasteiger partial charge is 0.337 e. The van der Waals surface area contributed by atoms with E-state index >= 15 is 0 Å². The molecular weight excluding hydrogens is 326 g/mol. The molecule has 1 heterocycles. The van der Waals surface area contributed by atoms with Gasteiger partial charge in [-0.25, -0.2) is 0 Å². The first kappa shape index (κ1) is 16.0. The standard InChI is InChI=1S/C17H16ClN5O/c1-10-3-6-12(7-4-10)19-16-15(21-23-22-16)17(24)20-14-8-5-11(2)9-13(14)18/h3-9H,1-2H3,(H,20,24)(H2,19,21,22,23). The second-order valence-electron chi connectivity index (χ2n) is 5.45. The van der Waals surface area contributed by atoms with Crippen LogP contribution >= 0.6 is 11.6 Å². The van der Waals surface area contributed by atoms with E-state index < -0.39 is 5.91 Å². The van der Waals surface area contributed by atoms with Crippen LogP contribution in [-0.4, -0.2) is 21.3 Å². The van der Waals surface area contributed by atoms with Gasteiger partial charge < -0.3 is 10.6 Å². The average Bonchev–Trinajstić information content (AvgIpc) is 3.00. The number of hydrogen-bond acceptors (Lipinski definition) is 4. The molecule has 0 radical (unpaired) electrons. The highest BCUT2D eigenvalue weighted by molar-refractivity contribution is 6.34. The minimum Gasteiger partial charge on any atom is -0.337 e. The summed E-state index contributed by atoms with van der Waals surface area (Å²) in [5.41, 5.74) is 3.66. The van der Waals surface area contributed by atoms with Crippen molar-refractivity contribution in [2.75, 3.05) is 10.6 Å². The van der Waals surface area contributed by atoms with Gasteiger partial charge in [0, 0.05) is 5.69 Å². The normalized spacial score (nSPS) is 10.5. The minimum atomic E-state index is -0.399. The number of carbonyl (C=O) groups is 1. The van der Waals surface area contributed by atoms with Gasteiger partial charge in [0.15, 0.2) is 11.5 Å². The molecule has 0 saturated heterocycles. The van der Waals surface area contributed by atoms with Crippen LogP contribution in [0.5, 0.6) is 0 Å². The molecule has 7 heteroatoms. The summed E-state index contributed by atoms with van der Waals surface area (Å²) in [6.07, 6.45) is 0. The molecule has 0 aliphatic carbocycles. The summed E-state index contributed by atoms with van der Waals surface area (Å²) >= 11 is 6.15. The van der Waals surface area contributed by atoms with Gasteiger partial charge in [-0.1, -0.05) is 35.4 Å². The number of nitrogens with zero attached hydrogens (tertiary/aromatic N) is 2. The molecule has 24 heavy (non-hydrogen) atoms. The zero-order valence-electron chi connectivity index (χ0n) is 13.2. The first-order valence-corrected chi connectivity index (χ1v) is 7.72. The summed E-state index contributed by atoms with van der Waals surface area (Å²) in [7, 11) is 0. The van der Waals surface area contributed by atoms with Crippen molar-refractivity contribution in [3.63, 3.8) is 0 Å². The van der Waals surface area contributed by atoms with E-state index in [2.05, 4.69) is 26.0 Å². The van der Waals surface area contributed by atoms with E-state index in [1.165, 1.54) is 0 Å². The van der Waals surface area contributed by atoms with Gasteiger partial charge in [0.1, 0.15) is 0 Å². The molecule has 0 bridgehead atoms. The van der Waals surface area contributed by atoms with Crippen molar-refractivity contribution < 1.29 is 4.79 Å². The highest BCUT2D eigenvalue weighted by Crippen LogP contribution is 2.24. The number of aromatic amines is 1. The van der Waals surface area contributed by atoms with Crippen LogP contribution in [0.15, 0.2) is 42.5 Å². The maximum atomic E-state index is 12.4. The van der Waals surface area contributed by atoms with Crippen molar-refractivity contribution in [1.82, 2.24) is 15.4 Å². The lowest BCUT2D eigenvalue weighted by Gasteiger charge is -2.08. The molecule has 0 aliphatic rings. The number of carbonyl (C=O) groups excluding carboxylic acids is 1. The Morgan fingerprint density at radius 1 is 1.04 bits per heavy atom. The number of aromatic nitrogens is 3. The maximum Gasteiger partial charge on any atom is 0.280 e. The Kier molecular flexibility index (Phi) is 4.48. The quantitative estimate of drug-likeness (QED) is 0.668. The van der Waals surface area contributed by atoms with Crippen LogP contribution in [0.2, 0.25) is 5.02 Å². The zero-order valence-corrected chi connectivity index (χ0v) is 14.0. The maximum absolute atomic E-state index is 12.4. The number of anilines is 3. The number of hydrogen-bond donors (Lipinski definition) is 3. The molecule has 6 nitrogen and oxygen atoms in total. The van der Waals surface area contributed by atoms with Gasteiger partial charge in [-0.05, 0) is 43.7 Å². The highest BCUT2D eigenvalue weighted by Gasteiger charge is 2.18. The van der Waals surface area contributed by atoms with Gasteiger partial charge in [0.25, 0.3) is 5.91 Å². The zero-order chi connectivity index (χ0) is 17.1. The van der Waals surface area contributed by atoms with Gasteiger partial charge >= 0.3 is 0 Å². The molecule has 3 N–H and O–H groups in total. The van der Waals surface area contributed by atoms with Crippen LogP contribution < -0.4 is 10.6 Å². The van der Waals surface area contributed by atoms with E-state index in [9.17, 15) is 4.79 Å². The lowest BCUT2D eigenvalue weighted by atomic mass is 10.2. The third-order valence-corrected chi connectivity index (χ3v) is 3.76. The molecule has 1 aromatic heterocycles. The Morgan fingerprint density at radius 2 is 1.75 bits per heavy atom. The van der Waals surface area contributed by atoms with Crippen LogP contribution in [0.3, 0.4) is 0 Å². The molecule has 3 aromatic rings. The Morgan fingerprint density at radius 3 is 2.46 bits per heavy atom. The third kappa shape index (κ3) is 3.55. The number of aryl methyl sites for hydroxylation is 2. The fourth-order valence-electron chi connectivity index (χ4n) is 2.15. The Bertz CT molecular complexity index is 873. The van der Waals surface area contributed by atoms with Crippen molar-refractivity contribution in [2.24, 2.45) is 0 Å². The lowest BCUT2D eigenvalue weighted by Crippen LogP contribution is -2.14. The summed E-state index contributed by atoms with van der Waals surface area (Å²) in [4.78, 5) is 12.4. The number of rotatable bonds is 4. The van der Waals surface area contributed by atoms with Crippen molar-refractivity contribution >= 4 is 34.7 Å². The van der Waals surface area contributed by atoms with Crippen molar-refractivity contribution in [3.05, 3.63) is 64.3 Å². The number of H-pyrrole nitrogens is 1. The third-order valence-electron chi connectivity index (χ3n) is 3.45. The number of amides is 1. The fourth-order valence-corrected chi connectivity index (χ4v) is 2.44. The molecule has 0 atom stereocenters. The number of halogens is 1. The minimum absolute atomic E-state index is 0.159. The molecule has 0 unspecified atom stereocenters. The molecule has 3 rings (SSSR count). The summed E-state index contributed by atoms with van der Waals surface area (Å²) in [6, 6.07) is 13.2. The fraction of sp³-hybridized carbons (Fsp3) is 0.118. The second kappa shape index (κ2) is 6.72. The summed E-state index contributed by atoms with van der Waals surface area (Å²) < 4.78 is 0. The first-order chi connectivity index (χ1) is 11.5. The lowest BCUT2D eigenvalue weighted by molar-refractivity contribution is 0.102. The van der Waals surface area contributed by atoms with Crippen LogP contribution in [0.25, 0.3) is 0 Å². The van der Waals surface area contributed by atoms with E-state index in [0.717, 1.165) is 16.8 Å². The van der Waals surface area contributed by atoms with Gasteiger partial charge in [0.2, 0.25) is 0 Å². The van der Waals surface area contributed by atoms with Crippen LogP contribution in [-0.2, 0) is 0 Å². The predicted octanol–water partition coefficient (Wildman–Crippen LogP) is 4.07. The van der Waals surface area contributed by atoms with Crippen molar-refractivity contribution in [3.8, 4) is 0 Å². The molecule has 1 amide bonds.